The van der Waals surface area contributed by atoms with Gasteiger partial charge >= 0.3 is 0 Å². The maximum Gasteiger partial charge on any atom is 0.269 e. The Hall–Kier alpha value is -2.78. The molecule has 0 aliphatic carbocycles. The van der Waals surface area contributed by atoms with E-state index in [1.807, 2.05) is 41.8 Å². The molecule has 0 amide bonds. The number of aromatic nitrogens is 1. The Morgan fingerprint density at radius 2 is 1.83 bits per heavy atom. The Labute approximate surface area is 226 Å². The van der Waals surface area contributed by atoms with Gasteiger partial charge < -0.3 is 15.0 Å². The summed E-state index contributed by atoms with van der Waals surface area (Å²) in [6, 6.07) is 14.4. The first-order valence-electron chi connectivity index (χ1n) is 11.8. The molecule has 182 valence electrons. The lowest BCUT2D eigenvalue weighted by Crippen LogP contribution is -2.34. The maximum atomic E-state index is 13.4. The van der Waals surface area contributed by atoms with E-state index < -0.39 is 0 Å². The van der Waals surface area contributed by atoms with Crippen molar-refractivity contribution >= 4 is 64.2 Å². The first-order chi connectivity index (χ1) is 16.6. The summed E-state index contributed by atoms with van der Waals surface area (Å²) in [6.45, 7) is 9.71. The van der Waals surface area contributed by atoms with Crippen LogP contribution in [0, 0.1) is 6.92 Å². The molecule has 3 aromatic rings. The number of anilines is 2. The first kappa shape index (κ1) is 25.3. The fourth-order valence-electron chi connectivity index (χ4n) is 4.67. The highest BCUT2D eigenvalue weighted by atomic mass is 127. The average molecular weight is 600 g/mol. The molecule has 2 aliphatic rings. The van der Waals surface area contributed by atoms with E-state index in [0.717, 1.165) is 57.3 Å². The SMILES string of the molecule is CCC1=CNc2ccccc2C1=CC=c1sc(=C2Oc3cccc(C)c3N2CC)n(CC)c1=O.I. The molecular formula is C28H30IN3O2S. The Kier molecular flexibility index (Phi) is 7.56. The summed E-state index contributed by atoms with van der Waals surface area (Å²) in [4.78, 5) is 15.6. The minimum atomic E-state index is 0. The number of para-hydroxylation sites is 2. The third-order valence-corrected chi connectivity index (χ3v) is 7.51. The molecule has 0 saturated heterocycles. The second-order valence-electron chi connectivity index (χ2n) is 8.35. The van der Waals surface area contributed by atoms with Crippen molar-refractivity contribution in [1.29, 1.82) is 0 Å². The van der Waals surface area contributed by atoms with Crippen LogP contribution in [0.4, 0.5) is 11.4 Å². The van der Waals surface area contributed by atoms with Crippen molar-refractivity contribution in [3.63, 3.8) is 0 Å². The van der Waals surface area contributed by atoms with Crippen molar-refractivity contribution in [2.45, 2.75) is 40.7 Å². The predicted molar refractivity (Wildman–Crippen MR) is 158 cm³/mol. The second-order valence-corrected chi connectivity index (χ2v) is 9.38. The molecule has 3 heterocycles. The van der Waals surface area contributed by atoms with E-state index in [9.17, 15) is 4.79 Å². The van der Waals surface area contributed by atoms with E-state index >= 15 is 0 Å². The molecule has 35 heavy (non-hydrogen) atoms. The number of ether oxygens (including phenoxy) is 1. The smallest absolute Gasteiger partial charge is 0.269 e. The van der Waals surface area contributed by atoms with Crippen LogP contribution in [0.5, 0.6) is 5.75 Å². The number of nitrogens with zero attached hydrogens (tertiary/aromatic N) is 2. The third kappa shape index (κ3) is 4.36. The molecular weight excluding hydrogens is 569 g/mol. The summed E-state index contributed by atoms with van der Waals surface area (Å²) in [5.74, 6) is 1.58. The van der Waals surface area contributed by atoms with Crippen molar-refractivity contribution in [3.8, 4) is 5.75 Å². The van der Waals surface area contributed by atoms with E-state index in [2.05, 4.69) is 61.5 Å². The normalized spacial score (nSPS) is 17.4. The Balaban J connectivity index is 0.00000289. The molecule has 0 atom stereocenters. The van der Waals surface area contributed by atoms with Crippen LogP contribution in [-0.4, -0.2) is 11.1 Å². The number of hydrogen-bond acceptors (Lipinski definition) is 5. The minimum absolute atomic E-state index is 0. The van der Waals surface area contributed by atoms with Gasteiger partial charge in [-0.2, -0.15) is 0 Å². The summed E-state index contributed by atoms with van der Waals surface area (Å²) < 4.78 is 9.69. The number of benzene rings is 2. The highest BCUT2D eigenvalue weighted by Gasteiger charge is 2.29. The van der Waals surface area contributed by atoms with Crippen LogP contribution in [0.2, 0.25) is 0 Å². The van der Waals surface area contributed by atoms with Crippen LogP contribution in [-0.2, 0) is 6.54 Å². The van der Waals surface area contributed by atoms with Crippen LogP contribution in [0.1, 0.15) is 38.3 Å². The lowest BCUT2D eigenvalue weighted by atomic mass is 9.92. The molecule has 0 saturated carbocycles. The summed E-state index contributed by atoms with van der Waals surface area (Å²) in [5, 5.41) is 3.38. The fraction of sp³-hybridized carbons (Fsp3) is 0.250. The standard InChI is InChI=1S/C28H29N3O2S.HI/c1-5-19-17-29-22-13-9-8-12-21(22)20(19)15-16-24-26(32)31(7-3)28(34-24)27-30(6-2)25-18(4)11-10-14-23(25)33-27;/h8-17,29H,5-7H2,1-4H3;1H. The quantitative estimate of drug-likeness (QED) is 0.407. The van der Waals surface area contributed by atoms with Crippen molar-refractivity contribution in [3.05, 3.63) is 91.0 Å². The Morgan fingerprint density at radius 1 is 1.03 bits per heavy atom. The summed E-state index contributed by atoms with van der Waals surface area (Å²) in [7, 11) is 0. The van der Waals surface area contributed by atoms with Gasteiger partial charge in [0.25, 0.3) is 5.56 Å². The summed E-state index contributed by atoms with van der Waals surface area (Å²) >= 11 is 1.49. The molecule has 0 bridgehead atoms. The van der Waals surface area contributed by atoms with Gasteiger partial charge in [0.05, 0.1) is 10.2 Å². The van der Waals surface area contributed by atoms with Crippen molar-refractivity contribution < 1.29 is 4.74 Å². The molecule has 0 fully saturated rings. The van der Waals surface area contributed by atoms with Crippen LogP contribution in [0.3, 0.4) is 0 Å². The van der Waals surface area contributed by atoms with Crippen molar-refractivity contribution in [2.24, 2.45) is 0 Å². The number of rotatable bonds is 4. The summed E-state index contributed by atoms with van der Waals surface area (Å²) in [5.41, 5.74) is 6.87. The van der Waals surface area contributed by atoms with Gasteiger partial charge in [0.1, 0.15) is 0 Å². The molecule has 5 nitrogen and oxygen atoms in total. The zero-order valence-electron chi connectivity index (χ0n) is 20.4. The fourth-order valence-corrected chi connectivity index (χ4v) is 5.77. The van der Waals surface area contributed by atoms with E-state index in [0.29, 0.717) is 11.1 Å². The van der Waals surface area contributed by atoms with Crippen LogP contribution < -0.4 is 29.7 Å². The lowest BCUT2D eigenvalue weighted by Gasteiger charge is -2.20. The predicted octanol–water partition coefficient (Wildman–Crippen LogP) is 5.42. The second kappa shape index (κ2) is 10.5. The number of aryl methyl sites for hydroxylation is 1. The van der Waals surface area contributed by atoms with Gasteiger partial charge in [-0.25, -0.2) is 0 Å². The van der Waals surface area contributed by atoms with Crippen molar-refractivity contribution in [1.82, 2.24) is 4.57 Å². The largest absolute Gasteiger partial charge is 0.436 e. The number of nitrogens with one attached hydrogen (secondary N) is 1. The van der Waals surface area contributed by atoms with Crippen LogP contribution in [0.15, 0.2) is 65.1 Å². The molecule has 2 aromatic carbocycles. The van der Waals surface area contributed by atoms with E-state index in [-0.39, 0.29) is 29.5 Å². The first-order valence-corrected chi connectivity index (χ1v) is 12.6. The molecule has 5 rings (SSSR count). The van der Waals surface area contributed by atoms with E-state index in [1.165, 1.54) is 16.9 Å². The molecule has 0 spiro atoms. The van der Waals surface area contributed by atoms with Crippen LogP contribution >= 0.6 is 35.3 Å². The van der Waals surface area contributed by atoms with Gasteiger partial charge in [-0.3, -0.25) is 9.36 Å². The van der Waals surface area contributed by atoms with Gasteiger partial charge in [0.2, 0.25) is 5.88 Å². The number of fused-ring (bicyclic) bond motifs is 2. The Bertz CT molecular complexity index is 1510. The van der Waals surface area contributed by atoms with Crippen LogP contribution in [0.25, 0.3) is 17.5 Å². The van der Waals surface area contributed by atoms with Gasteiger partial charge in [0, 0.05) is 30.5 Å². The molecule has 0 radical (unpaired) electrons. The highest BCUT2D eigenvalue weighted by molar-refractivity contribution is 14.0. The molecule has 7 heteroatoms. The number of halogens is 1. The molecule has 0 unspecified atom stereocenters. The van der Waals surface area contributed by atoms with Gasteiger partial charge in [-0.1, -0.05) is 43.3 Å². The zero-order valence-corrected chi connectivity index (χ0v) is 23.6. The van der Waals surface area contributed by atoms with Gasteiger partial charge in [0.15, 0.2) is 10.4 Å². The van der Waals surface area contributed by atoms with Crippen molar-refractivity contribution in [2.75, 3.05) is 16.8 Å². The zero-order chi connectivity index (χ0) is 23.8. The minimum Gasteiger partial charge on any atom is -0.436 e. The third-order valence-electron chi connectivity index (χ3n) is 6.39. The lowest BCUT2D eigenvalue weighted by molar-refractivity contribution is 0.512. The summed E-state index contributed by atoms with van der Waals surface area (Å²) in [6.07, 6.45) is 7.02. The van der Waals surface area contributed by atoms with Gasteiger partial charge in [-0.05, 0) is 62.1 Å². The van der Waals surface area contributed by atoms with Gasteiger partial charge in [-0.15, -0.1) is 35.3 Å². The molecule has 1 aromatic heterocycles. The Morgan fingerprint density at radius 3 is 2.57 bits per heavy atom. The van der Waals surface area contributed by atoms with E-state index in [1.54, 1.807) is 0 Å². The topological polar surface area (TPSA) is 46.5 Å². The molecule has 1 N–H and O–H groups in total. The number of thiazole rings is 1. The van der Waals surface area contributed by atoms with E-state index in [4.69, 9.17) is 4.74 Å². The molecule has 2 aliphatic heterocycles. The average Bonchev–Trinajstić information content (AvgIpc) is 3.39. The number of hydrogen-bond donors (Lipinski definition) is 1. The maximum absolute atomic E-state index is 13.4. The monoisotopic (exact) mass is 599 g/mol. The highest BCUT2D eigenvalue weighted by Crippen LogP contribution is 2.41. The number of allylic oxidation sites excluding steroid dienone is 3.